The lowest BCUT2D eigenvalue weighted by Crippen LogP contribution is -2.17. The summed E-state index contributed by atoms with van der Waals surface area (Å²) in [7, 11) is 1.60. The summed E-state index contributed by atoms with van der Waals surface area (Å²) >= 11 is 9.38. The lowest BCUT2D eigenvalue weighted by molar-refractivity contribution is 0.0963. The first-order chi connectivity index (χ1) is 13.5. The van der Waals surface area contributed by atoms with Crippen LogP contribution < -0.4 is 5.32 Å². The Balaban J connectivity index is 2.00. The zero-order valence-corrected chi connectivity index (χ0v) is 18.6. The largest absolute Gasteiger partial charge is 0.355 e. The van der Waals surface area contributed by atoms with Crippen molar-refractivity contribution >= 4 is 74.7 Å². The third-order valence-electron chi connectivity index (χ3n) is 4.50. The van der Waals surface area contributed by atoms with Crippen molar-refractivity contribution in [3.63, 3.8) is 0 Å². The molecule has 1 aromatic carbocycles. The summed E-state index contributed by atoms with van der Waals surface area (Å²) in [5.41, 5.74) is 4.98. The summed E-state index contributed by atoms with van der Waals surface area (Å²) in [5, 5.41) is 5.01. The quantitative estimate of drug-likeness (QED) is 0.288. The number of nitrogens with one attached hydrogen (secondary N) is 1. The molecule has 6 nitrogen and oxygen atoms in total. The van der Waals surface area contributed by atoms with E-state index < -0.39 is 0 Å². The van der Waals surface area contributed by atoms with Crippen molar-refractivity contribution in [1.29, 1.82) is 0 Å². The number of hydrogen-bond acceptors (Lipinski definition) is 5. The molecule has 0 aliphatic rings. The molecular formula is C19H14ClIN4O2S. The Labute approximate surface area is 184 Å². The van der Waals surface area contributed by atoms with Crippen LogP contribution in [0.3, 0.4) is 0 Å². The Bertz CT molecular complexity index is 1230. The zero-order valence-electron chi connectivity index (χ0n) is 14.9. The molecule has 28 heavy (non-hydrogen) atoms. The average Bonchev–Trinajstić information content (AvgIpc) is 3.06. The maximum Gasteiger partial charge on any atom is 0.252 e. The van der Waals surface area contributed by atoms with Crippen molar-refractivity contribution in [3.05, 3.63) is 59.0 Å². The first-order valence-corrected chi connectivity index (χ1v) is 10.2. The Morgan fingerprint density at radius 3 is 2.86 bits per heavy atom. The molecule has 0 aliphatic carbocycles. The van der Waals surface area contributed by atoms with E-state index >= 15 is 0 Å². The molecule has 142 valence electrons. The minimum absolute atomic E-state index is 0.187. The summed E-state index contributed by atoms with van der Waals surface area (Å²) in [6.45, 7) is 2.01. The molecule has 0 fully saturated rings. The molecule has 1 amide bonds. The van der Waals surface area contributed by atoms with Gasteiger partial charge in [-0.1, -0.05) is 11.6 Å². The highest BCUT2D eigenvalue weighted by atomic mass is 127. The maximum absolute atomic E-state index is 12.1. The molecule has 0 aliphatic heterocycles. The van der Waals surface area contributed by atoms with Crippen LogP contribution in [0, 0.1) is 6.92 Å². The van der Waals surface area contributed by atoms with Gasteiger partial charge in [0.15, 0.2) is 5.65 Å². The van der Waals surface area contributed by atoms with Gasteiger partial charge in [-0.15, -0.1) is 0 Å². The van der Waals surface area contributed by atoms with Crippen molar-refractivity contribution < 1.29 is 7.31 Å². The second-order valence-corrected chi connectivity index (χ2v) is 8.32. The highest BCUT2D eigenvalue weighted by molar-refractivity contribution is 14.1. The number of rotatable bonds is 4. The fourth-order valence-electron chi connectivity index (χ4n) is 3.22. The third-order valence-corrected chi connectivity index (χ3v) is 5.81. The molecular weight excluding hydrogens is 511 g/mol. The second-order valence-electron chi connectivity index (χ2n) is 6.16. The van der Waals surface area contributed by atoms with Gasteiger partial charge in [-0.25, -0.2) is 7.50 Å². The van der Waals surface area contributed by atoms with Crippen molar-refractivity contribution in [1.82, 2.24) is 19.3 Å². The van der Waals surface area contributed by atoms with Crippen LogP contribution >= 0.6 is 46.8 Å². The predicted octanol–water partition coefficient (Wildman–Crippen LogP) is 5.35. The number of amides is 1. The summed E-state index contributed by atoms with van der Waals surface area (Å²) < 4.78 is 7.02. The molecule has 1 N–H and O–H groups in total. The average molecular weight is 525 g/mol. The summed E-state index contributed by atoms with van der Waals surface area (Å²) in [5.74, 6) is -0.187. The molecule has 0 saturated carbocycles. The first-order valence-electron chi connectivity index (χ1n) is 8.27. The fraction of sp³-hybridized carbons (Fsp3) is 0.105. The van der Waals surface area contributed by atoms with E-state index in [4.69, 9.17) is 14.1 Å². The molecule has 4 aromatic rings. The van der Waals surface area contributed by atoms with Gasteiger partial charge in [-0.3, -0.25) is 13.8 Å². The van der Waals surface area contributed by atoms with E-state index in [0.29, 0.717) is 16.2 Å². The molecule has 0 atom stereocenters. The van der Waals surface area contributed by atoms with E-state index in [1.54, 1.807) is 25.5 Å². The number of aromatic nitrogens is 3. The number of nitrogens with zero attached hydrogens (tertiary/aromatic N) is 3. The molecule has 0 bridgehead atoms. The molecule has 0 spiro atoms. The first kappa shape index (κ1) is 19.4. The number of carbonyl (C=O) groups is 1. The van der Waals surface area contributed by atoms with Crippen LogP contribution in [0.1, 0.15) is 15.9 Å². The van der Waals surface area contributed by atoms with E-state index in [9.17, 15) is 4.79 Å². The van der Waals surface area contributed by atoms with Crippen molar-refractivity contribution in [3.8, 4) is 11.1 Å². The highest BCUT2D eigenvalue weighted by Gasteiger charge is 2.17. The van der Waals surface area contributed by atoms with Crippen LogP contribution in [0.2, 0.25) is 5.02 Å². The Kier molecular flexibility index (Phi) is 5.46. The topological polar surface area (TPSA) is 69.0 Å². The molecule has 0 unspecified atom stereocenters. The normalized spacial score (nSPS) is 11.3. The van der Waals surface area contributed by atoms with Gasteiger partial charge in [0.05, 0.1) is 16.1 Å². The van der Waals surface area contributed by atoms with Gasteiger partial charge >= 0.3 is 0 Å². The zero-order chi connectivity index (χ0) is 19.8. The van der Waals surface area contributed by atoms with Crippen LogP contribution in [0.4, 0.5) is 0 Å². The van der Waals surface area contributed by atoms with Gasteiger partial charge in [0.25, 0.3) is 5.91 Å². The van der Waals surface area contributed by atoms with Crippen molar-refractivity contribution in [2.75, 3.05) is 7.05 Å². The van der Waals surface area contributed by atoms with E-state index in [2.05, 4.69) is 21.4 Å². The fourth-order valence-corrected chi connectivity index (χ4v) is 4.37. The van der Waals surface area contributed by atoms with Crippen LogP contribution in [-0.4, -0.2) is 26.9 Å². The van der Waals surface area contributed by atoms with E-state index in [0.717, 1.165) is 45.2 Å². The molecule has 9 heteroatoms. The standard InChI is InChI=1S/C19H14ClIN4O2S/c1-10-5-11(6-14-16(20)3-4-23-17(10)14)15-9-25(28-27-21)18-13(15)7-12(8-24-18)19(26)22-2/h3-9H,1-2H3,(H,22,26). The van der Waals surface area contributed by atoms with Crippen LogP contribution in [-0.2, 0) is 2.51 Å². The van der Waals surface area contributed by atoms with E-state index in [1.807, 2.05) is 52.2 Å². The summed E-state index contributed by atoms with van der Waals surface area (Å²) in [6.07, 6.45) is 5.21. The lowest BCUT2D eigenvalue weighted by Gasteiger charge is -2.08. The lowest BCUT2D eigenvalue weighted by atomic mass is 9.99. The number of fused-ring (bicyclic) bond motifs is 2. The number of benzene rings is 1. The molecule has 3 heterocycles. The van der Waals surface area contributed by atoms with Crippen molar-refractivity contribution in [2.45, 2.75) is 6.92 Å². The number of halogens is 2. The van der Waals surface area contributed by atoms with E-state index in [-0.39, 0.29) is 5.91 Å². The monoisotopic (exact) mass is 524 g/mol. The Morgan fingerprint density at radius 1 is 1.29 bits per heavy atom. The third kappa shape index (κ3) is 3.34. The number of pyridine rings is 2. The molecule has 0 saturated heterocycles. The molecule has 0 radical (unpaired) electrons. The maximum atomic E-state index is 12.1. The Hall–Kier alpha value is -1.88. The number of carbonyl (C=O) groups excluding carboxylic acids is 1. The van der Waals surface area contributed by atoms with Crippen LogP contribution in [0.5, 0.6) is 0 Å². The summed E-state index contributed by atoms with van der Waals surface area (Å²) in [6, 6.07) is 7.69. The second kappa shape index (κ2) is 7.86. The molecule has 3 aromatic heterocycles. The predicted molar refractivity (Wildman–Crippen MR) is 122 cm³/mol. The highest BCUT2D eigenvalue weighted by Crippen LogP contribution is 2.36. The van der Waals surface area contributed by atoms with Gasteiger partial charge in [0, 0.05) is 42.0 Å². The number of hydrogen-bond donors (Lipinski definition) is 1. The molecule has 4 rings (SSSR count). The van der Waals surface area contributed by atoms with Gasteiger partial charge in [0.1, 0.15) is 35.2 Å². The van der Waals surface area contributed by atoms with Crippen LogP contribution in [0.25, 0.3) is 33.1 Å². The minimum Gasteiger partial charge on any atom is -0.355 e. The Morgan fingerprint density at radius 2 is 2.11 bits per heavy atom. The minimum atomic E-state index is -0.187. The van der Waals surface area contributed by atoms with Crippen molar-refractivity contribution in [2.24, 2.45) is 0 Å². The van der Waals surface area contributed by atoms with Gasteiger partial charge < -0.3 is 5.32 Å². The number of aryl methyl sites for hydroxylation is 1. The van der Waals surface area contributed by atoms with Crippen LogP contribution in [0.15, 0.2) is 42.9 Å². The van der Waals surface area contributed by atoms with Gasteiger partial charge in [0.2, 0.25) is 0 Å². The SMILES string of the molecule is CNC(=O)c1cnc2c(c1)c(-c1cc(C)c3nccc(Cl)c3c1)cn2SOI. The van der Waals surface area contributed by atoms with Gasteiger partial charge in [-0.05, 0) is 42.3 Å². The smallest absolute Gasteiger partial charge is 0.252 e. The summed E-state index contributed by atoms with van der Waals surface area (Å²) in [4.78, 5) is 21.0. The van der Waals surface area contributed by atoms with Gasteiger partial charge in [-0.2, -0.15) is 0 Å². The van der Waals surface area contributed by atoms with E-state index in [1.165, 1.54) is 0 Å².